The van der Waals surface area contributed by atoms with E-state index in [0.717, 1.165) is 37.5 Å². The second-order valence-corrected chi connectivity index (χ2v) is 7.57. The topological polar surface area (TPSA) is 41.2 Å². The van der Waals surface area contributed by atoms with Crippen molar-refractivity contribution in [2.45, 2.75) is 44.3 Å². The van der Waals surface area contributed by atoms with Gasteiger partial charge in [0.2, 0.25) is 0 Å². The fourth-order valence-corrected chi connectivity index (χ4v) is 4.81. The van der Waals surface area contributed by atoms with Crippen molar-refractivity contribution in [1.29, 1.82) is 0 Å². The number of nitrogens with one attached hydrogen (secondary N) is 1. The molecule has 0 spiro atoms. The van der Waals surface area contributed by atoms with E-state index in [-0.39, 0.29) is 0 Å². The lowest BCUT2D eigenvalue weighted by molar-refractivity contribution is 0.0843. The molecule has 2 saturated heterocycles. The average Bonchev–Trinajstić information content (AvgIpc) is 3.31. The number of nitrogens with zero attached hydrogens (tertiary/aromatic N) is 2. The number of aromatic amines is 1. The second-order valence-electron chi connectivity index (χ2n) is 7.57. The molecule has 4 nitrogen and oxygen atoms in total. The summed E-state index contributed by atoms with van der Waals surface area (Å²) in [5, 5.41) is 7.91. The first-order chi connectivity index (χ1) is 11.9. The molecule has 4 heteroatoms. The van der Waals surface area contributed by atoms with Crippen molar-refractivity contribution in [3.05, 3.63) is 41.6 Å². The number of H-pyrrole nitrogens is 1. The molecule has 3 atom stereocenters. The molecule has 3 aliphatic rings. The van der Waals surface area contributed by atoms with Crippen LogP contribution >= 0.6 is 0 Å². The first-order valence-electron chi connectivity index (χ1n) is 9.36. The molecule has 0 saturated carbocycles. The summed E-state index contributed by atoms with van der Waals surface area (Å²) in [5.74, 6) is 0.756. The summed E-state index contributed by atoms with van der Waals surface area (Å²) < 4.78 is 6.04. The number of rotatable bonds is 3. The molecule has 0 radical (unpaired) electrons. The van der Waals surface area contributed by atoms with Crippen molar-refractivity contribution in [3.63, 3.8) is 0 Å². The zero-order chi connectivity index (χ0) is 15.9. The van der Waals surface area contributed by atoms with Crippen LogP contribution in [0.1, 0.15) is 30.5 Å². The fourth-order valence-electron chi connectivity index (χ4n) is 4.81. The number of hydrogen-bond acceptors (Lipinski definition) is 3. The maximum Gasteiger partial charge on any atom is 0.0955 e. The maximum atomic E-state index is 6.04. The first-order valence-corrected chi connectivity index (χ1v) is 9.36. The van der Waals surface area contributed by atoms with Crippen LogP contribution in [0.5, 0.6) is 0 Å². The largest absolute Gasteiger partial charge is 0.375 e. The highest BCUT2D eigenvalue weighted by atomic mass is 16.5. The highest BCUT2D eigenvalue weighted by Crippen LogP contribution is 2.39. The van der Waals surface area contributed by atoms with Crippen molar-refractivity contribution >= 4 is 0 Å². The van der Waals surface area contributed by atoms with Crippen LogP contribution in [-0.2, 0) is 17.6 Å². The van der Waals surface area contributed by atoms with Crippen molar-refractivity contribution in [1.82, 2.24) is 15.1 Å². The molecule has 0 unspecified atom stereocenters. The predicted octanol–water partition coefficient (Wildman–Crippen LogP) is 3.04. The van der Waals surface area contributed by atoms with Crippen LogP contribution in [0.4, 0.5) is 0 Å². The third-order valence-corrected chi connectivity index (χ3v) is 6.08. The lowest BCUT2D eigenvalue weighted by Gasteiger charge is -2.27. The van der Waals surface area contributed by atoms with Crippen LogP contribution in [0.15, 0.2) is 30.3 Å². The highest BCUT2D eigenvalue weighted by molar-refractivity contribution is 5.64. The molecule has 1 aromatic heterocycles. The van der Waals surface area contributed by atoms with Gasteiger partial charge in [-0.1, -0.05) is 30.3 Å². The smallest absolute Gasteiger partial charge is 0.0955 e. The molecule has 2 fully saturated rings. The molecule has 5 rings (SSSR count). The summed E-state index contributed by atoms with van der Waals surface area (Å²) in [5.41, 5.74) is 5.13. The van der Waals surface area contributed by atoms with Gasteiger partial charge in [0.05, 0.1) is 17.9 Å². The van der Waals surface area contributed by atoms with E-state index in [1.807, 2.05) is 0 Å². The monoisotopic (exact) mass is 323 g/mol. The Hall–Kier alpha value is -1.65. The second kappa shape index (κ2) is 6.01. The summed E-state index contributed by atoms with van der Waals surface area (Å²) in [6.45, 7) is 3.48. The van der Waals surface area contributed by atoms with Crippen LogP contribution in [0.3, 0.4) is 0 Å². The summed E-state index contributed by atoms with van der Waals surface area (Å²) in [6.07, 6.45) is 7.13. The van der Waals surface area contributed by atoms with E-state index in [1.165, 1.54) is 42.6 Å². The van der Waals surface area contributed by atoms with Crippen molar-refractivity contribution in [2.75, 3.05) is 19.6 Å². The number of benzene rings is 1. The third-order valence-electron chi connectivity index (χ3n) is 6.08. The zero-order valence-electron chi connectivity index (χ0n) is 14.1. The van der Waals surface area contributed by atoms with Crippen LogP contribution in [0.25, 0.3) is 11.3 Å². The summed E-state index contributed by atoms with van der Waals surface area (Å²) >= 11 is 0. The minimum atomic E-state index is 0.539. The molecule has 1 N–H and O–H groups in total. The number of fused-ring (bicyclic) bond motifs is 3. The van der Waals surface area contributed by atoms with Gasteiger partial charge >= 0.3 is 0 Å². The zero-order valence-corrected chi connectivity index (χ0v) is 14.1. The average molecular weight is 323 g/mol. The molecule has 24 heavy (non-hydrogen) atoms. The Balaban J connectivity index is 1.30. The van der Waals surface area contributed by atoms with Gasteiger partial charge in [-0.3, -0.25) is 5.10 Å². The van der Waals surface area contributed by atoms with Gasteiger partial charge in [-0.15, -0.1) is 0 Å². The number of ether oxygens (including phenoxy) is 1. The van der Waals surface area contributed by atoms with Gasteiger partial charge in [0.1, 0.15) is 0 Å². The van der Waals surface area contributed by atoms with Crippen molar-refractivity contribution in [2.24, 2.45) is 5.92 Å². The van der Waals surface area contributed by atoms with E-state index in [2.05, 4.69) is 45.4 Å². The molecule has 3 aliphatic heterocycles. The quantitative estimate of drug-likeness (QED) is 0.944. The van der Waals surface area contributed by atoms with Gasteiger partial charge in [0, 0.05) is 48.8 Å². The first kappa shape index (κ1) is 14.7. The Morgan fingerprint density at radius 2 is 2.00 bits per heavy atom. The SMILES string of the molecule is c1ccc(-c2n[nH]c3c2CCN(C[C@H]2C[C@@H]4CC[C@H]2O4)CC3)cc1. The van der Waals surface area contributed by atoms with Crippen molar-refractivity contribution < 1.29 is 4.74 Å². The molecule has 126 valence electrons. The van der Waals surface area contributed by atoms with Crippen LogP contribution in [0.2, 0.25) is 0 Å². The molecule has 4 heterocycles. The van der Waals surface area contributed by atoms with Gasteiger partial charge < -0.3 is 9.64 Å². The van der Waals surface area contributed by atoms with E-state index in [4.69, 9.17) is 4.74 Å². The standard InChI is InChI=1S/C20H25N3O/c1-2-4-14(5-3-1)20-17-8-10-23(11-9-18(17)21-22-20)13-15-12-16-6-7-19(15)24-16/h1-5,15-16,19H,6-13H2,(H,21,22)/t15-,16+,19-/m1/s1. The van der Waals surface area contributed by atoms with E-state index in [9.17, 15) is 0 Å². The lowest BCUT2D eigenvalue weighted by atomic mass is 9.89. The Bertz CT molecular complexity index is 711. The van der Waals surface area contributed by atoms with Crippen LogP contribution < -0.4 is 0 Å². The molecule has 2 aromatic rings. The van der Waals surface area contributed by atoms with Gasteiger partial charge in [-0.2, -0.15) is 5.10 Å². The van der Waals surface area contributed by atoms with E-state index in [0.29, 0.717) is 12.2 Å². The Labute approximate surface area is 143 Å². The van der Waals surface area contributed by atoms with Gasteiger partial charge in [-0.25, -0.2) is 0 Å². The summed E-state index contributed by atoms with van der Waals surface area (Å²) in [6, 6.07) is 10.6. The molecule has 1 aromatic carbocycles. The normalized spacial score (nSPS) is 29.6. The molecule has 2 bridgehead atoms. The molecular weight excluding hydrogens is 298 g/mol. The Morgan fingerprint density at radius 1 is 1.12 bits per heavy atom. The van der Waals surface area contributed by atoms with Crippen LogP contribution in [0, 0.1) is 5.92 Å². The summed E-state index contributed by atoms with van der Waals surface area (Å²) in [4.78, 5) is 2.65. The van der Waals surface area contributed by atoms with E-state index in [1.54, 1.807) is 0 Å². The van der Waals surface area contributed by atoms with Gasteiger partial charge in [-0.05, 0) is 25.7 Å². The van der Waals surface area contributed by atoms with Crippen molar-refractivity contribution in [3.8, 4) is 11.3 Å². The molecule has 0 aliphatic carbocycles. The lowest BCUT2D eigenvalue weighted by Crippen LogP contribution is -2.35. The Morgan fingerprint density at radius 3 is 2.79 bits per heavy atom. The molecular formula is C20H25N3O. The predicted molar refractivity (Wildman–Crippen MR) is 93.9 cm³/mol. The van der Waals surface area contributed by atoms with Crippen LogP contribution in [-0.4, -0.2) is 46.9 Å². The van der Waals surface area contributed by atoms with E-state index >= 15 is 0 Å². The highest BCUT2D eigenvalue weighted by Gasteiger charge is 2.41. The minimum Gasteiger partial charge on any atom is -0.375 e. The Kier molecular flexibility index (Phi) is 3.68. The van der Waals surface area contributed by atoms with Gasteiger partial charge in [0.15, 0.2) is 0 Å². The third kappa shape index (κ3) is 2.58. The van der Waals surface area contributed by atoms with Gasteiger partial charge in [0.25, 0.3) is 0 Å². The van der Waals surface area contributed by atoms with E-state index < -0.39 is 0 Å². The number of hydrogen-bond donors (Lipinski definition) is 1. The minimum absolute atomic E-state index is 0.539. The summed E-state index contributed by atoms with van der Waals surface area (Å²) in [7, 11) is 0. The maximum absolute atomic E-state index is 6.04. The molecule has 0 amide bonds. The number of aromatic nitrogens is 2. The fraction of sp³-hybridized carbons (Fsp3) is 0.550.